The molecule has 8 bridgehead atoms. The van der Waals surface area contributed by atoms with Gasteiger partial charge in [-0.3, -0.25) is 86.5 Å². The number of carboxylic acid groups (broad SMARTS) is 2. The summed E-state index contributed by atoms with van der Waals surface area (Å²) in [5, 5.41) is 59.6. The molecule has 14 N–H and O–H groups in total. The van der Waals surface area contributed by atoms with E-state index in [-0.39, 0.29) is 143 Å². The number of benzene rings is 4. The molecule has 728 valence electrons. The molecular weight excluding hydrogens is 1780 g/mol. The lowest BCUT2D eigenvalue weighted by Gasteiger charge is -2.35. The Labute approximate surface area is 780 Å². The van der Waals surface area contributed by atoms with Crippen LogP contribution < -0.4 is 67.4 Å². The standard InChI is InChI=1S/C93H112N14O29/c1-52-38-67-90(126)104-65-46-71(54(3)40-61(65)88(124)102(67)48-52)133-32-10-5-11-33-134-73-47-66-62(45-72(73)130-4)89(125)103-49-53(2)39-68(103)91(127)105(66)93(129)136-51-56-16-20-60(21-17-56)99-85(121)58(44-81(118)119)42-70(109)64(13-7-9-29-95)101-75(111)27-35-132-37-31-97-87(123)83(107-78(114)24-25-79(107)115)82(106-76(112)22-23-77(106)113)86(122)96-30-36-131-34-26-74(110)100-63(12-6-8-28-94)69(108)41-57(43-80(116)117)84(120)98-59-18-14-55(15-19-59)50-135-92(104)128/h14-25,40,45-47,57-58,63-64,67-68,82-83,90-91,126-127H,1-2,5-13,26-39,41-44,48-51,94-95H2,3-4H3,(H,96,122)(H,97,123)(H,98,120)(H,99,121)(H,100,110)(H,101,111)(H,116,117)(H,118,119)/t57-,58-,63-,64-,67-,68-,82?,83?,90-,91-/m0/s1. The fourth-order valence-corrected chi connectivity index (χ4v) is 16.7. The molecule has 10 atom stereocenters. The van der Waals surface area contributed by atoms with Crippen LogP contribution in [0.1, 0.15) is 147 Å². The number of aliphatic hydroxyl groups excluding tert-OH is 2. The zero-order chi connectivity index (χ0) is 98.1. The van der Waals surface area contributed by atoms with E-state index >= 15 is 0 Å². The lowest BCUT2D eigenvalue weighted by molar-refractivity contribution is -0.156. The van der Waals surface area contributed by atoms with Crippen molar-refractivity contribution in [1.29, 1.82) is 0 Å². The molecule has 4 aromatic rings. The van der Waals surface area contributed by atoms with Crippen LogP contribution in [0.25, 0.3) is 0 Å². The third-order valence-corrected chi connectivity index (χ3v) is 23.7. The second-order valence-electron chi connectivity index (χ2n) is 33.6. The summed E-state index contributed by atoms with van der Waals surface area (Å²) < 4.78 is 41.2. The third-order valence-electron chi connectivity index (χ3n) is 23.7. The first kappa shape index (κ1) is 102. The first-order valence-electron chi connectivity index (χ1n) is 44.6. The predicted octanol–water partition coefficient (Wildman–Crippen LogP) is 2.97. The molecule has 136 heavy (non-hydrogen) atoms. The third kappa shape index (κ3) is 26.3. The highest BCUT2D eigenvalue weighted by Gasteiger charge is 2.52. The summed E-state index contributed by atoms with van der Waals surface area (Å²) in [6.07, 6.45) is -3.00. The highest BCUT2D eigenvalue weighted by atomic mass is 16.6. The van der Waals surface area contributed by atoms with Gasteiger partial charge in [0.1, 0.15) is 31.0 Å². The molecule has 13 rings (SSSR count). The van der Waals surface area contributed by atoms with Gasteiger partial charge in [0.15, 0.2) is 35.5 Å². The van der Waals surface area contributed by atoms with Gasteiger partial charge in [-0.25, -0.2) is 19.4 Å². The summed E-state index contributed by atoms with van der Waals surface area (Å²) in [5.41, 5.74) is 14.2. The first-order valence-corrected chi connectivity index (χ1v) is 44.6. The molecule has 2 saturated heterocycles. The number of ether oxygens (including phenoxy) is 7. The number of hydrogen-bond acceptors (Lipinski definition) is 29. The zero-order valence-electron chi connectivity index (χ0n) is 75.2. The Kier molecular flexibility index (Phi) is 36.3. The van der Waals surface area contributed by atoms with Crippen molar-refractivity contribution in [1.82, 2.24) is 40.9 Å². The Balaban J connectivity index is 0.810. The minimum Gasteiger partial charge on any atom is -0.493 e. The van der Waals surface area contributed by atoms with Gasteiger partial charge in [-0.2, -0.15) is 0 Å². The molecule has 43 heteroatoms. The zero-order valence-corrected chi connectivity index (χ0v) is 75.2. The van der Waals surface area contributed by atoms with Crippen molar-refractivity contribution < 1.29 is 140 Å². The van der Waals surface area contributed by atoms with Crippen molar-refractivity contribution in [2.75, 3.05) is 106 Å². The van der Waals surface area contributed by atoms with Gasteiger partial charge in [-0.05, 0) is 144 Å². The molecule has 0 aliphatic carbocycles. The fraction of sp³-hybridized carbons (Fsp3) is 0.462. The van der Waals surface area contributed by atoms with Crippen LogP contribution in [0.5, 0.6) is 17.2 Å². The Bertz CT molecular complexity index is 5210. The summed E-state index contributed by atoms with van der Waals surface area (Å²) in [4.78, 5) is 253. The topological polar surface area (TPSA) is 596 Å². The Morgan fingerprint density at radius 2 is 0.875 bits per heavy atom. The number of methoxy groups -OCH3 is 1. The van der Waals surface area contributed by atoms with Crippen LogP contribution in [-0.2, 0) is 99.3 Å². The average molecular weight is 1890 g/mol. The van der Waals surface area contributed by atoms with E-state index in [0.29, 0.717) is 82.6 Å². The van der Waals surface area contributed by atoms with E-state index in [4.69, 9.17) is 44.6 Å². The Morgan fingerprint density at radius 1 is 0.478 bits per heavy atom. The van der Waals surface area contributed by atoms with Crippen LogP contribution in [0.3, 0.4) is 0 Å². The summed E-state index contributed by atoms with van der Waals surface area (Å²) in [6.45, 7) is 7.33. The molecule has 0 saturated carbocycles. The number of nitrogens with zero attached hydrogens (tertiary/aromatic N) is 6. The molecule has 2 fully saturated rings. The quantitative estimate of drug-likeness (QED) is 0.0462. The summed E-state index contributed by atoms with van der Waals surface area (Å²) in [6, 6.07) is 8.58. The molecule has 0 spiro atoms. The maximum absolute atomic E-state index is 14.5. The number of carboxylic acids is 2. The molecule has 4 aromatic carbocycles. The van der Waals surface area contributed by atoms with E-state index in [1.54, 1.807) is 13.0 Å². The second kappa shape index (κ2) is 48.2. The molecule has 43 nitrogen and oxygen atoms in total. The Hall–Kier alpha value is -14.1. The number of rotatable bonds is 15. The monoisotopic (exact) mass is 1890 g/mol. The number of ketones is 2. The summed E-state index contributed by atoms with van der Waals surface area (Å²) in [7, 11) is 1.36. The number of unbranched alkanes of at least 4 members (excludes halogenated alkanes) is 2. The number of carbonyl (C=O) groups is 18. The molecule has 0 aromatic heterocycles. The number of imide groups is 2. The van der Waals surface area contributed by atoms with E-state index in [1.807, 2.05) is 0 Å². The lowest BCUT2D eigenvalue weighted by Crippen LogP contribution is -2.66. The van der Waals surface area contributed by atoms with Gasteiger partial charge in [0.2, 0.25) is 35.4 Å². The number of aliphatic hydroxyl groups is 2. The summed E-state index contributed by atoms with van der Waals surface area (Å²) in [5.74, 6) is -17.9. The maximum Gasteiger partial charge on any atom is 0.416 e. The van der Waals surface area contributed by atoms with Crippen LogP contribution in [0.15, 0.2) is 121 Å². The SMILES string of the molecule is C=C1C[C@H]2[C@H](O)N3C(=O)OCc4ccc(cc4)NC(=O)[C@H](CC(=O)O)CC(=O)[C@H](CCCCN)NC(=O)CCOCCNC(=O)C(N4C(=O)C=CC4=O)C(N4C(=O)C=CC4=O)C(=O)NCCOCCC(=O)N[C@@H](CCCCN)C(=O)C[C@@H](CC(=O)O)C(=O)Nc4ccc(cc4)COC(=O)N4c5cc(c(OC)cc5C(=O)N5CC(=C)C[C@H]5[C@@H]4O)OCCCCCOc4cc3c(cc4C)C(=O)N2C1. The number of aliphatic carboxylic acids is 2. The van der Waals surface area contributed by atoms with E-state index in [2.05, 4.69) is 45.1 Å². The largest absolute Gasteiger partial charge is 0.493 e. The van der Waals surface area contributed by atoms with Crippen LogP contribution in [-0.4, -0.2) is 281 Å². The van der Waals surface area contributed by atoms with Gasteiger partial charge in [0.05, 0.1) is 118 Å². The maximum atomic E-state index is 14.5. The lowest BCUT2D eigenvalue weighted by atomic mass is 9.92. The van der Waals surface area contributed by atoms with Crippen molar-refractivity contribution in [3.63, 3.8) is 0 Å². The molecular formula is C93H112N14O29. The number of hydrogen-bond donors (Lipinski definition) is 12. The second-order valence-corrected chi connectivity index (χ2v) is 33.6. The van der Waals surface area contributed by atoms with Crippen molar-refractivity contribution >= 4 is 129 Å². The molecule has 9 aliphatic rings. The number of aryl methyl sites for hydroxylation is 1. The average Bonchev–Trinajstić information content (AvgIpc) is 1.60. The minimum atomic E-state index is -2.23. The number of fused-ring (bicyclic) bond motifs is 4. The van der Waals surface area contributed by atoms with Crippen molar-refractivity contribution in [3.05, 3.63) is 149 Å². The molecule has 0 radical (unpaired) electrons. The summed E-state index contributed by atoms with van der Waals surface area (Å²) >= 11 is 0. The number of Topliss-reactive ketones (excluding diaryl/α,β-unsaturated/α-hetero) is 2. The van der Waals surface area contributed by atoms with Crippen molar-refractivity contribution in [3.8, 4) is 17.2 Å². The Morgan fingerprint density at radius 3 is 1.27 bits per heavy atom. The van der Waals surface area contributed by atoms with Gasteiger partial charge in [-0.1, -0.05) is 48.6 Å². The smallest absolute Gasteiger partial charge is 0.416 e. The molecule has 2 unspecified atom stereocenters. The van der Waals surface area contributed by atoms with Gasteiger partial charge in [0, 0.05) is 99.7 Å². The number of carbonyl (C=O) groups excluding carboxylic acids is 16. The van der Waals surface area contributed by atoms with Crippen LogP contribution >= 0.6 is 0 Å². The molecule has 14 amide bonds. The van der Waals surface area contributed by atoms with Gasteiger partial charge >= 0.3 is 24.1 Å². The fourth-order valence-electron chi connectivity index (χ4n) is 16.7. The number of nitrogens with one attached hydrogen (secondary N) is 6. The van der Waals surface area contributed by atoms with Crippen molar-refractivity contribution in [2.45, 2.75) is 178 Å². The van der Waals surface area contributed by atoms with Crippen LogP contribution in [0.2, 0.25) is 0 Å². The normalized spacial score (nSPS) is 24.0. The van der Waals surface area contributed by atoms with Crippen molar-refractivity contribution in [2.24, 2.45) is 23.3 Å². The molecule has 9 heterocycles. The van der Waals surface area contributed by atoms with E-state index in [1.165, 1.54) is 83.6 Å². The highest BCUT2D eigenvalue weighted by molar-refractivity contribution is 6.19. The van der Waals surface area contributed by atoms with Gasteiger partial charge < -0.3 is 107 Å². The van der Waals surface area contributed by atoms with Crippen LogP contribution in [0, 0.1) is 18.8 Å². The number of anilines is 4. The first-order chi connectivity index (χ1) is 65.2. The van der Waals surface area contributed by atoms with E-state index in [0.717, 1.165) is 34.1 Å². The molecule has 9 aliphatic heterocycles. The van der Waals surface area contributed by atoms with E-state index in [9.17, 15) is 107 Å². The van der Waals surface area contributed by atoms with Crippen LogP contribution in [0.4, 0.5) is 32.3 Å². The predicted molar refractivity (Wildman–Crippen MR) is 481 cm³/mol. The van der Waals surface area contributed by atoms with Gasteiger partial charge in [0.25, 0.3) is 35.4 Å². The van der Waals surface area contributed by atoms with E-state index < -0.39 is 232 Å². The number of nitrogens with two attached hydrogens (primary N) is 2. The van der Waals surface area contributed by atoms with Gasteiger partial charge in [-0.15, -0.1) is 0 Å². The number of amides is 14. The minimum absolute atomic E-state index is 0.0165. The highest BCUT2D eigenvalue weighted by Crippen LogP contribution is 2.44.